The number of phenols is 1. The fraction of sp³-hybridized carbons (Fsp3) is 0.538. The third-order valence-electron chi connectivity index (χ3n) is 3.06. The van der Waals surface area contributed by atoms with Crippen molar-refractivity contribution in [3.8, 4) is 5.75 Å². The molecule has 3 nitrogen and oxygen atoms in total. The summed E-state index contributed by atoms with van der Waals surface area (Å²) in [7, 11) is 0. The van der Waals surface area contributed by atoms with Crippen molar-refractivity contribution in [1.29, 1.82) is 0 Å². The van der Waals surface area contributed by atoms with Gasteiger partial charge in [0, 0.05) is 25.2 Å². The first-order valence-corrected chi connectivity index (χ1v) is 5.88. The Morgan fingerprint density at radius 2 is 2.18 bits per heavy atom. The van der Waals surface area contributed by atoms with Crippen LogP contribution in [-0.4, -0.2) is 35.3 Å². The molecule has 17 heavy (non-hydrogen) atoms. The lowest BCUT2D eigenvalue weighted by atomic mass is 10.1. The van der Waals surface area contributed by atoms with Crippen LogP contribution in [0.5, 0.6) is 5.75 Å². The van der Waals surface area contributed by atoms with E-state index in [1.54, 1.807) is 6.07 Å². The van der Waals surface area contributed by atoms with Gasteiger partial charge in [0.05, 0.1) is 12.7 Å². The predicted molar refractivity (Wildman–Crippen MR) is 63.4 cm³/mol. The van der Waals surface area contributed by atoms with E-state index >= 15 is 0 Å². The molecule has 1 aliphatic heterocycles. The van der Waals surface area contributed by atoms with Gasteiger partial charge in [0.15, 0.2) is 0 Å². The summed E-state index contributed by atoms with van der Waals surface area (Å²) >= 11 is 0. The van der Waals surface area contributed by atoms with E-state index in [0.29, 0.717) is 19.2 Å². The number of rotatable bonds is 2. The third-order valence-corrected chi connectivity index (χ3v) is 3.06. The number of halogens is 1. The van der Waals surface area contributed by atoms with E-state index in [1.807, 2.05) is 6.92 Å². The summed E-state index contributed by atoms with van der Waals surface area (Å²) in [6.07, 6.45) is 0.202. The Balaban J connectivity index is 2.08. The molecular formula is C13H18FNO2. The molecule has 1 saturated heterocycles. The number of hydrogen-bond donors (Lipinski definition) is 1. The molecule has 94 valence electrons. The van der Waals surface area contributed by atoms with Crippen molar-refractivity contribution in [2.75, 3.05) is 13.2 Å². The summed E-state index contributed by atoms with van der Waals surface area (Å²) in [4.78, 5) is 2.24. The Morgan fingerprint density at radius 3 is 2.88 bits per heavy atom. The highest BCUT2D eigenvalue weighted by molar-refractivity contribution is 5.28. The van der Waals surface area contributed by atoms with Crippen LogP contribution >= 0.6 is 0 Å². The Labute approximate surface area is 101 Å². The summed E-state index contributed by atoms with van der Waals surface area (Å²) in [5, 5.41) is 9.36. The maximum Gasteiger partial charge on any atom is 0.127 e. The third kappa shape index (κ3) is 3.17. The number of benzene rings is 1. The minimum Gasteiger partial charge on any atom is -0.508 e. The zero-order valence-corrected chi connectivity index (χ0v) is 10.2. The second kappa shape index (κ2) is 5.02. The van der Waals surface area contributed by atoms with Gasteiger partial charge in [0.1, 0.15) is 11.6 Å². The maximum atomic E-state index is 13.2. The summed E-state index contributed by atoms with van der Waals surface area (Å²) in [6, 6.07) is 4.51. The monoisotopic (exact) mass is 239 g/mol. The molecule has 2 unspecified atom stereocenters. The van der Waals surface area contributed by atoms with Crippen molar-refractivity contribution in [2.45, 2.75) is 32.5 Å². The average Bonchev–Trinajstić information content (AvgIpc) is 2.22. The molecule has 1 aliphatic rings. The van der Waals surface area contributed by atoms with E-state index in [1.165, 1.54) is 6.07 Å². The quantitative estimate of drug-likeness (QED) is 0.858. The van der Waals surface area contributed by atoms with Crippen LogP contribution in [0.25, 0.3) is 0 Å². The Hall–Kier alpha value is -1.13. The van der Waals surface area contributed by atoms with Crippen molar-refractivity contribution < 1.29 is 14.2 Å². The van der Waals surface area contributed by atoms with Gasteiger partial charge in [0.25, 0.3) is 0 Å². The molecule has 0 aromatic heterocycles. The van der Waals surface area contributed by atoms with E-state index < -0.39 is 5.82 Å². The van der Waals surface area contributed by atoms with Crippen LogP contribution in [0.1, 0.15) is 19.4 Å². The molecule has 2 atom stereocenters. The molecule has 1 fully saturated rings. The highest BCUT2D eigenvalue weighted by Crippen LogP contribution is 2.19. The summed E-state index contributed by atoms with van der Waals surface area (Å²) in [6.45, 7) is 6.29. The Kier molecular flexibility index (Phi) is 3.64. The van der Waals surface area contributed by atoms with E-state index in [-0.39, 0.29) is 11.9 Å². The number of nitrogens with zero attached hydrogens (tertiary/aromatic N) is 1. The number of hydrogen-bond acceptors (Lipinski definition) is 3. The number of ether oxygens (including phenoxy) is 1. The van der Waals surface area contributed by atoms with Gasteiger partial charge in [-0.15, -0.1) is 0 Å². The molecule has 0 saturated carbocycles. The molecular weight excluding hydrogens is 221 g/mol. The number of phenolic OH excluding ortho intramolecular Hbond substituents is 1. The highest BCUT2D eigenvalue weighted by atomic mass is 19.1. The zero-order valence-electron chi connectivity index (χ0n) is 10.2. The van der Waals surface area contributed by atoms with Gasteiger partial charge in [-0.3, -0.25) is 4.90 Å². The van der Waals surface area contributed by atoms with Crippen molar-refractivity contribution in [2.24, 2.45) is 0 Å². The molecule has 4 heteroatoms. The van der Waals surface area contributed by atoms with Gasteiger partial charge in [-0.1, -0.05) is 0 Å². The van der Waals surface area contributed by atoms with E-state index in [9.17, 15) is 9.50 Å². The molecule has 0 aliphatic carbocycles. The van der Waals surface area contributed by atoms with Crippen LogP contribution in [-0.2, 0) is 11.3 Å². The molecule has 0 bridgehead atoms. The standard InChI is InChI=1S/C13H18FNO2/c1-9-8-17-10(2)6-15(9)7-11-3-12(14)5-13(16)4-11/h3-5,9-10,16H,6-8H2,1-2H3. The SMILES string of the molecule is CC1CN(Cc2cc(O)cc(F)c2)C(C)CO1. The van der Waals surface area contributed by atoms with Crippen LogP contribution < -0.4 is 0 Å². The predicted octanol–water partition coefficient (Wildman–Crippen LogP) is 2.14. The first kappa shape index (κ1) is 12.3. The molecule has 1 heterocycles. The van der Waals surface area contributed by atoms with Crippen molar-refractivity contribution in [3.63, 3.8) is 0 Å². The van der Waals surface area contributed by atoms with Crippen LogP contribution in [0.2, 0.25) is 0 Å². The molecule has 0 amide bonds. The van der Waals surface area contributed by atoms with Gasteiger partial charge in [-0.05, 0) is 31.5 Å². The minimum absolute atomic E-state index is 0.0195. The van der Waals surface area contributed by atoms with Gasteiger partial charge in [0.2, 0.25) is 0 Å². The first-order chi connectivity index (χ1) is 8.04. The molecule has 1 aromatic rings. The molecule has 1 N–H and O–H groups in total. The van der Waals surface area contributed by atoms with Crippen LogP contribution in [0, 0.1) is 5.82 Å². The second-order valence-corrected chi connectivity index (χ2v) is 4.74. The van der Waals surface area contributed by atoms with Crippen molar-refractivity contribution in [1.82, 2.24) is 4.90 Å². The molecule has 0 spiro atoms. The average molecular weight is 239 g/mol. The fourth-order valence-electron chi connectivity index (χ4n) is 2.15. The number of morpholine rings is 1. The first-order valence-electron chi connectivity index (χ1n) is 5.88. The van der Waals surface area contributed by atoms with Crippen LogP contribution in [0.3, 0.4) is 0 Å². The molecule has 0 radical (unpaired) electrons. The van der Waals surface area contributed by atoms with E-state index in [0.717, 1.165) is 18.2 Å². The lowest BCUT2D eigenvalue weighted by molar-refractivity contribution is -0.0527. The summed E-state index contributed by atoms with van der Waals surface area (Å²) in [5.41, 5.74) is 0.795. The van der Waals surface area contributed by atoms with Crippen LogP contribution in [0.15, 0.2) is 18.2 Å². The lowest BCUT2D eigenvalue weighted by Crippen LogP contribution is -2.46. The van der Waals surface area contributed by atoms with E-state index in [4.69, 9.17) is 4.74 Å². The van der Waals surface area contributed by atoms with Gasteiger partial charge >= 0.3 is 0 Å². The topological polar surface area (TPSA) is 32.7 Å². The summed E-state index contributed by atoms with van der Waals surface area (Å²) in [5.74, 6) is -0.414. The van der Waals surface area contributed by atoms with E-state index in [2.05, 4.69) is 11.8 Å². The van der Waals surface area contributed by atoms with Gasteiger partial charge in [-0.25, -0.2) is 4.39 Å². The molecule has 1 aromatic carbocycles. The largest absolute Gasteiger partial charge is 0.508 e. The molecule has 2 rings (SSSR count). The van der Waals surface area contributed by atoms with Gasteiger partial charge < -0.3 is 9.84 Å². The summed E-state index contributed by atoms with van der Waals surface area (Å²) < 4.78 is 18.7. The second-order valence-electron chi connectivity index (χ2n) is 4.74. The lowest BCUT2D eigenvalue weighted by Gasteiger charge is -2.36. The Morgan fingerprint density at radius 1 is 1.41 bits per heavy atom. The van der Waals surface area contributed by atoms with Crippen molar-refractivity contribution >= 4 is 0 Å². The van der Waals surface area contributed by atoms with Crippen molar-refractivity contribution in [3.05, 3.63) is 29.6 Å². The van der Waals surface area contributed by atoms with Crippen LogP contribution in [0.4, 0.5) is 4.39 Å². The van der Waals surface area contributed by atoms with Gasteiger partial charge in [-0.2, -0.15) is 0 Å². The number of aromatic hydroxyl groups is 1. The maximum absolute atomic E-state index is 13.2. The highest BCUT2D eigenvalue weighted by Gasteiger charge is 2.23. The fourth-order valence-corrected chi connectivity index (χ4v) is 2.15. The Bertz CT molecular complexity index is 377. The normalized spacial score (nSPS) is 26.1. The minimum atomic E-state index is -0.394. The smallest absolute Gasteiger partial charge is 0.127 e. The zero-order chi connectivity index (χ0) is 12.4.